The van der Waals surface area contributed by atoms with E-state index in [4.69, 9.17) is 9.47 Å². The summed E-state index contributed by atoms with van der Waals surface area (Å²) in [6.07, 6.45) is -0.582. The highest BCUT2D eigenvalue weighted by molar-refractivity contribution is 5.39. The molecule has 1 saturated heterocycles. The Hall–Kier alpha value is -1.44. The van der Waals surface area contributed by atoms with Gasteiger partial charge in [-0.05, 0) is 7.05 Å². The van der Waals surface area contributed by atoms with Crippen LogP contribution >= 0.6 is 0 Å². The van der Waals surface area contributed by atoms with Gasteiger partial charge in [0.05, 0.1) is 5.69 Å². The minimum Gasteiger partial charge on any atom is -0.354 e. The van der Waals surface area contributed by atoms with E-state index in [2.05, 4.69) is 26.8 Å². The van der Waals surface area contributed by atoms with Gasteiger partial charge in [0, 0.05) is 46.5 Å². The summed E-state index contributed by atoms with van der Waals surface area (Å²) in [6.45, 7) is 3.64. The molecule has 0 saturated carbocycles. The summed E-state index contributed by atoms with van der Waals surface area (Å²) in [4.78, 5) is 22.6. The molecule has 0 unspecified atom stereocenters. The van der Waals surface area contributed by atoms with E-state index in [0.29, 0.717) is 11.5 Å². The summed E-state index contributed by atoms with van der Waals surface area (Å²) in [5.41, 5.74) is 0.199. The minimum atomic E-state index is -0.582. The lowest BCUT2D eigenvalue weighted by Gasteiger charge is -2.33. The predicted octanol–water partition coefficient (Wildman–Crippen LogP) is -0.187. The van der Waals surface area contributed by atoms with Crippen LogP contribution in [0.25, 0.3) is 0 Å². The van der Waals surface area contributed by atoms with E-state index in [9.17, 15) is 4.79 Å². The molecule has 1 aliphatic heterocycles. The fourth-order valence-electron chi connectivity index (χ4n) is 2.14. The highest BCUT2D eigenvalue weighted by Gasteiger charge is 2.18. The molecule has 1 fully saturated rings. The number of ether oxygens (including phenoxy) is 2. The van der Waals surface area contributed by atoms with Crippen LogP contribution < -0.4 is 10.6 Å². The Bertz CT molecular complexity index is 464. The number of H-pyrrole nitrogens is 1. The number of methoxy groups -OCH3 is 2. The summed E-state index contributed by atoms with van der Waals surface area (Å²) in [7, 11) is 5.14. The molecular formula is C12H20N4O3. The van der Waals surface area contributed by atoms with E-state index in [1.807, 2.05) is 6.07 Å². The van der Waals surface area contributed by atoms with Crippen LogP contribution in [0.2, 0.25) is 0 Å². The van der Waals surface area contributed by atoms with Crippen LogP contribution in [0.1, 0.15) is 12.0 Å². The Morgan fingerprint density at radius 3 is 2.47 bits per heavy atom. The lowest BCUT2D eigenvalue weighted by molar-refractivity contribution is -0.108. The molecule has 19 heavy (non-hydrogen) atoms. The van der Waals surface area contributed by atoms with Crippen molar-refractivity contribution < 1.29 is 9.47 Å². The van der Waals surface area contributed by atoms with Crippen molar-refractivity contribution in [3.8, 4) is 0 Å². The van der Waals surface area contributed by atoms with Crippen molar-refractivity contribution in [3.05, 3.63) is 22.2 Å². The second-order valence-electron chi connectivity index (χ2n) is 4.59. The first-order valence-corrected chi connectivity index (χ1v) is 6.24. The number of nitrogens with zero attached hydrogens (tertiary/aromatic N) is 3. The molecule has 7 heteroatoms. The van der Waals surface area contributed by atoms with Gasteiger partial charge in [-0.1, -0.05) is 0 Å². The highest BCUT2D eigenvalue weighted by Crippen LogP contribution is 2.18. The molecule has 1 N–H and O–H groups in total. The van der Waals surface area contributed by atoms with Crippen LogP contribution in [-0.2, 0) is 9.47 Å². The minimum absolute atomic E-state index is 0.384. The van der Waals surface area contributed by atoms with Crippen molar-refractivity contribution in [2.75, 3.05) is 52.3 Å². The summed E-state index contributed by atoms with van der Waals surface area (Å²) in [5, 5.41) is 0. The van der Waals surface area contributed by atoms with Gasteiger partial charge in [0.1, 0.15) is 5.82 Å². The van der Waals surface area contributed by atoms with Gasteiger partial charge in [-0.3, -0.25) is 0 Å². The summed E-state index contributed by atoms with van der Waals surface area (Å²) >= 11 is 0. The van der Waals surface area contributed by atoms with Crippen molar-refractivity contribution in [2.24, 2.45) is 0 Å². The zero-order valence-corrected chi connectivity index (χ0v) is 11.5. The second kappa shape index (κ2) is 6.14. The van der Waals surface area contributed by atoms with Gasteiger partial charge in [0.25, 0.3) is 0 Å². The monoisotopic (exact) mass is 268 g/mol. The number of aromatic nitrogens is 2. The molecule has 0 atom stereocenters. The average molecular weight is 268 g/mol. The lowest BCUT2D eigenvalue weighted by Crippen LogP contribution is -2.45. The maximum Gasteiger partial charge on any atom is 0.347 e. The Balaban J connectivity index is 2.23. The molecule has 1 aromatic rings. The Kier molecular flexibility index (Phi) is 4.52. The zero-order chi connectivity index (χ0) is 13.8. The number of nitrogens with one attached hydrogen (secondary N) is 1. The van der Waals surface area contributed by atoms with Gasteiger partial charge in [-0.25, -0.2) is 4.79 Å². The van der Waals surface area contributed by atoms with Crippen LogP contribution in [0.4, 0.5) is 5.82 Å². The van der Waals surface area contributed by atoms with Crippen molar-refractivity contribution in [3.63, 3.8) is 0 Å². The molecule has 1 aromatic heterocycles. The second-order valence-corrected chi connectivity index (χ2v) is 4.59. The van der Waals surface area contributed by atoms with Gasteiger partial charge >= 0.3 is 5.69 Å². The number of hydrogen-bond acceptors (Lipinski definition) is 6. The van der Waals surface area contributed by atoms with Crippen molar-refractivity contribution in [1.29, 1.82) is 0 Å². The number of aromatic amines is 1. The molecular weight excluding hydrogens is 248 g/mol. The van der Waals surface area contributed by atoms with E-state index in [1.165, 1.54) is 14.2 Å². The normalized spacial score (nSPS) is 17.2. The number of rotatable bonds is 4. The molecule has 7 nitrogen and oxygen atoms in total. The maximum absolute atomic E-state index is 11.6. The largest absolute Gasteiger partial charge is 0.354 e. The summed E-state index contributed by atoms with van der Waals surface area (Å²) in [6, 6.07) is 1.81. The summed E-state index contributed by atoms with van der Waals surface area (Å²) < 4.78 is 10.3. The predicted molar refractivity (Wildman–Crippen MR) is 71.3 cm³/mol. The number of hydrogen-bond donors (Lipinski definition) is 1. The van der Waals surface area contributed by atoms with Gasteiger partial charge in [0.2, 0.25) is 0 Å². The molecule has 0 radical (unpaired) electrons. The van der Waals surface area contributed by atoms with E-state index in [-0.39, 0.29) is 5.69 Å². The summed E-state index contributed by atoms with van der Waals surface area (Å²) in [5.74, 6) is 0.672. The quantitative estimate of drug-likeness (QED) is 0.763. The molecule has 2 heterocycles. The first-order chi connectivity index (χ1) is 9.13. The number of likely N-dealkylation sites (N-methyl/N-ethyl adjacent to an activating group) is 1. The van der Waals surface area contributed by atoms with Crippen molar-refractivity contribution in [2.45, 2.75) is 6.29 Å². The molecule has 0 spiro atoms. The molecule has 0 bridgehead atoms. The highest BCUT2D eigenvalue weighted by atomic mass is 16.7. The molecule has 2 rings (SSSR count). The average Bonchev–Trinajstić information content (AvgIpc) is 2.40. The molecule has 106 valence electrons. The van der Waals surface area contributed by atoms with Crippen LogP contribution in [0, 0.1) is 0 Å². The van der Waals surface area contributed by atoms with Crippen LogP contribution in [-0.4, -0.2) is 62.3 Å². The third-order valence-corrected chi connectivity index (χ3v) is 3.26. The molecule has 0 aliphatic carbocycles. The van der Waals surface area contributed by atoms with E-state index in [1.54, 1.807) is 0 Å². The SMILES string of the molecule is COC(OC)c1cc(N2CCN(C)CC2)nc(=O)[nH]1. The number of piperazine rings is 1. The standard InChI is InChI=1S/C12H20N4O3/c1-15-4-6-16(7-5-15)10-8-9(11(18-2)19-3)13-12(17)14-10/h8,11H,4-7H2,1-3H3,(H,13,14,17). The topological polar surface area (TPSA) is 70.7 Å². The molecule has 0 aromatic carbocycles. The fourth-order valence-corrected chi connectivity index (χ4v) is 2.14. The molecule has 0 amide bonds. The van der Waals surface area contributed by atoms with E-state index >= 15 is 0 Å². The van der Waals surface area contributed by atoms with Crippen molar-refractivity contribution >= 4 is 5.82 Å². The first-order valence-electron chi connectivity index (χ1n) is 6.24. The van der Waals surface area contributed by atoms with E-state index < -0.39 is 6.29 Å². The van der Waals surface area contributed by atoms with Gasteiger partial charge in [-0.2, -0.15) is 4.98 Å². The number of anilines is 1. The smallest absolute Gasteiger partial charge is 0.347 e. The lowest BCUT2D eigenvalue weighted by atomic mass is 10.3. The zero-order valence-electron chi connectivity index (χ0n) is 11.5. The van der Waals surface area contributed by atoms with Crippen LogP contribution in [0.5, 0.6) is 0 Å². The van der Waals surface area contributed by atoms with Crippen molar-refractivity contribution in [1.82, 2.24) is 14.9 Å². The fraction of sp³-hybridized carbons (Fsp3) is 0.667. The Morgan fingerprint density at radius 2 is 1.89 bits per heavy atom. The Labute approximate surface area is 112 Å². The Morgan fingerprint density at radius 1 is 1.26 bits per heavy atom. The van der Waals surface area contributed by atoms with Gasteiger partial charge in [-0.15, -0.1) is 0 Å². The third-order valence-electron chi connectivity index (χ3n) is 3.26. The molecule has 1 aliphatic rings. The van der Waals surface area contributed by atoms with Crippen LogP contribution in [0.3, 0.4) is 0 Å². The van der Waals surface area contributed by atoms with Gasteiger partial charge < -0.3 is 24.3 Å². The van der Waals surface area contributed by atoms with E-state index in [0.717, 1.165) is 26.2 Å². The third kappa shape index (κ3) is 3.31. The maximum atomic E-state index is 11.6. The van der Waals surface area contributed by atoms with Crippen LogP contribution in [0.15, 0.2) is 10.9 Å². The first kappa shape index (κ1) is 14.0. The van der Waals surface area contributed by atoms with Gasteiger partial charge in [0.15, 0.2) is 6.29 Å².